The molecule has 1 heterocycles. The number of nitrogens with two attached hydrogens (primary N) is 1. The van der Waals surface area contributed by atoms with Crippen LogP contribution in [-0.2, 0) is 4.79 Å². The molecule has 21 heavy (non-hydrogen) atoms. The van der Waals surface area contributed by atoms with Crippen LogP contribution in [0.25, 0.3) is 0 Å². The third-order valence-corrected chi connectivity index (χ3v) is 4.44. The highest BCUT2D eigenvalue weighted by Crippen LogP contribution is 2.19. The summed E-state index contributed by atoms with van der Waals surface area (Å²) in [4.78, 5) is 16.6. The Kier molecular flexibility index (Phi) is 5.76. The Labute approximate surface area is 127 Å². The van der Waals surface area contributed by atoms with Gasteiger partial charge in [0.1, 0.15) is 0 Å². The SMILES string of the molecule is CCN1CCCC1CN(C)C(=O)CC(N)c1ccccc1. The molecule has 0 spiro atoms. The molecule has 1 amide bonds. The minimum Gasteiger partial charge on any atom is -0.344 e. The van der Waals surface area contributed by atoms with Crippen molar-refractivity contribution in [3.05, 3.63) is 35.9 Å². The number of carbonyl (C=O) groups excluding carboxylic acids is 1. The minimum absolute atomic E-state index is 0.134. The Balaban J connectivity index is 1.85. The summed E-state index contributed by atoms with van der Waals surface area (Å²) in [6, 6.07) is 10.1. The molecule has 0 radical (unpaired) electrons. The summed E-state index contributed by atoms with van der Waals surface area (Å²) in [5.41, 5.74) is 7.16. The van der Waals surface area contributed by atoms with Gasteiger partial charge in [-0.1, -0.05) is 37.3 Å². The van der Waals surface area contributed by atoms with Gasteiger partial charge in [0.15, 0.2) is 0 Å². The Morgan fingerprint density at radius 1 is 1.43 bits per heavy atom. The molecule has 4 nitrogen and oxygen atoms in total. The lowest BCUT2D eigenvalue weighted by Gasteiger charge is -2.28. The van der Waals surface area contributed by atoms with Crippen LogP contribution in [0.4, 0.5) is 0 Å². The molecule has 0 aromatic heterocycles. The maximum atomic E-state index is 12.3. The molecule has 4 heteroatoms. The van der Waals surface area contributed by atoms with Crippen LogP contribution in [0.5, 0.6) is 0 Å². The number of hydrogen-bond acceptors (Lipinski definition) is 3. The number of likely N-dealkylation sites (tertiary alicyclic amines) is 1. The topological polar surface area (TPSA) is 49.6 Å². The van der Waals surface area contributed by atoms with Crippen molar-refractivity contribution in [2.75, 3.05) is 26.7 Å². The number of nitrogens with zero attached hydrogens (tertiary/aromatic N) is 2. The van der Waals surface area contributed by atoms with E-state index in [1.807, 2.05) is 42.3 Å². The predicted molar refractivity (Wildman–Crippen MR) is 85.9 cm³/mol. The van der Waals surface area contributed by atoms with E-state index < -0.39 is 0 Å². The van der Waals surface area contributed by atoms with Crippen LogP contribution in [0, 0.1) is 0 Å². The summed E-state index contributed by atoms with van der Waals surface area (Å²) >= 11 is 0. The van der Waals surface area contributed by atoms with Gasteiger partial charge in [-0.15, -0.1) is 0 Å². The molecule has 1 saturated heterocycles. The zero-order valence-corrected chi connectivity index (χ0v) is 13.2. The second-order valence-electron chi connectivity index (χ2n) is 5.92. The predicted octanol–water partition coefficient (Wildman–Crippen LogP) is 2.02. The molecule has 1 aromatic carbocycles. The average Bonchev–Trinajstić information content (AvgIpc) is 2.95. The molecule has 0 bridgehead atoms. The van der Waals surface area contributed by atoms with Crippen LogP contribution in [0.2, 0.25) is 0 Å². The average molecular weight is 289 g/mol. The van der Waals surface area contributed by atoms with E-state index in [1.54, 1.807) is 0 Å². The number of hydrogen-bond donors (Lipinski definition) is 1. The van der Waals surface area contributed by atoms with Gasteiger partial charge in [-0.25, -0.2) is 0 Å². The summed E-state index contributed by atoms with van der Waals surface area (Å²) in [7, 11) is 1.90. The van der Waals surface area contributed by atoms with Crippen LogP contribution >= 0.6 is 0 Å². The molecule has 2 unspecified atom stereocenters. The Morgan fingerprint density at radius 3 is 2.81 bits per heavy atom. The molecule has 116 valence electrons. The minimum atomic E-state index is -0.216. The van der Waals surface area contributed by atoms with Crippen molar-refractivity contribution in [2.45, 2.75) is 38.3 Å². The Morgan fingerprint density at radius 2 is 2.14 bits per heavy atom. The van der Waals surface area contributed by atoms with Crippen molar-refractivity contribution in [1.82, 2.24) is 9.80 Å². The van der Waals surface area contributed by atoms with E-state index in [0.717, 1.165) is 25.2 Å². The molecular weight excluding hydrogens is 262 g/mol. The van der Waals surface area contributed by atoms with Gasteiger partial charge in [0.05, 0.1) is 0 Å². The van der Waals surface area contributed by atoms with Gasteiger partial charge in [-0.05, 0) is 31.5 Å². The van der Waals surface area contributed by atoms with Crippen LogP contribution in [0.1, 0.15) is 37.8 Å². The van der Waals surface area contributed by atoms with Gasteiger partial charge in [0.25, 0.3) is 0 Å². The summed E-state index contributed by atoms with van der Waals surface area (Å²) in [5.74, 6) is 0.134. The lowest BCUT2D eigenvalue weighted by molar-refractivity contribution is -0.130. The lowest BCUT2D eigenvalue weighted by Crippen LogP contribution is -2.41. The molecule has 0 aliphatic carbocycles. The molecule has 2 rings (SSSR count). The van der Waals surface area contributed by atoms with Crippen molar-refractivity contribution in [3.8, 4) is 0 Å². The van der Waals surface area contributed by atoms with Crippen LogP contribution < -0.4 is 5.73 Å². The maximum absolute atomic E-state index is 12.3. The maximum Gasteiger partial charge on any atom is 0.224 e. The second-order valence-corrected chi connectivity index (χ2v) is 5.92. The number of amides is 1. The number of carbonyl (C=O) groups is 1. The first-order valence-corrected chi connectivity index (χ1v) is 7.90. The molecule has 2 N–H and O–H groups in total. The van der Waals surface area contributed by atoms with E-state index in [2.05, 4.69) is 11.8 Å². The number of benzene rings is 1. The smallest absolute Gasteiger partial charge is 0.224 e. The van der Waals surface area contributed by atoms with E-state index in [-0.39, 0.29) is 11.9 Å². The quantitative estimate of drug-likeness (QED) is 0.871. The monoisotopic (exact) mass is 289 g/mol. The first-order valence-electron chi connectivity index (χ1n) is 7.90. The van der Waals surface area contributed by atoms with Gasteiger partial charge < -0.3 is 10.6 Å². The summed E-state index contributed by atoms with van der Waals surface area (Å²) in [6.07, 6.45) is 2.81. The lowest BCUT2D eigenvalue weighted by atomic mass is 10.0. The highest BCUT2D eigenvalue weighted by molar-refractivity contribution is 5.76. The van der Waals surface area contributed by atoms with E-state index in [1.165, 1.54) is 12.8 Å². The van der Waals surface area contributed by atoms with E-state index in [9.17, 15) is 4.79 Å². The molecule has 0 saturated carbocycles. The summed E-state index contributed by atoms with van der Waals surface area (Å²) < 4.78 is 0. The van der Waals surface area contributed by atoms with Crippen LogP contribution in [-0.4, -0.2) is 48.4 Å². The van der Waals surface area contributed by atoms with Crippen molar-refractivity contribution in [1.29, 1.82) is 0 Å². The first-order chi connectivity index (χ1) is 10.1. The summed E-state index contributed by atoms with van der Waals surface area (Å²) in [5, 5.41) is 0. The van der Waals surface area contributed by atoms with Crippen LogP contribution in [0.3, 0.4) is 0 Å². The normalized spacial score (nSPS) is 20.4. The van der Waals surface area contributed by atoms with Gasteiger partial charge in [-0.3, -0.25) is 9.69 Å². The standard InChI is InChI=1S/C17H27N3O/c1-3-20-11-7-10-15(20)13-19(2)17(21)12-16(18)14-8-5-4-6-9-14/h4-6,8-9,15-16H,3,7,10-13,18H2,1-2H3. The second kappa shape index (κ2) is 7.57. The van der Waals surface area contributed by atoms with Gasteiger partial charge in [-0.2, -0.15) is 0 Å². The highest BCUT2D eigenvalue weighted by Gasteiger charge is 2.26. The highest BCUT2D eigenvalue weighted by atomic mass is 16.2. The zero-order valence-electron chi connectivity index (χ0n) is 13.2. The van der Waals surface area contributed by atoms with Crippen molar-refractivity contribution in [2.24, 2.45) is 5.73 Å². The fourth-order valence-electron chi connectivity index (χ4n) is 3.10. The Hall–Kier alpha value is -1.39. The molecule has 1 aliphatic heterocycles. The van der Waals surface area contributed by atoms with Crippen molar-refractivity contribution in [3.63, 3.8) is 0 Å². The molecule has 1 aliphatic rings. The van der Waals surface area contributed by atoms with Gasteiger partial charge >= 0.3 is 0 Å². The largest absolute Gasteiger partial charge is 0.344 e. The number of rotatable bonds is 6. The fourth-order valence-corrected chi connectivity index (χ4v) is 3.10. The molecular formula is C17H27N3O. The number of likely N-dealkylation sites (N-methyl/N-ethyl adjacent to an activating group) is 2. The Bertz CT molecular complexity index is 449. The van der Waals surface area contributed by atoms with Crippen molar-refractivity contribution >= 4 is 5.91 Å². The third-order valence-electron chi connectivity index (χ3n) is 4.44. The van der Waals surface area contributed by atoms with E-state index in [0.29, 0.717) is 12.5 Å². The zero-order chi connectivity index (χ0) is 15.2. The van der Waals surface area contributed by atoms with Gasteiger partial charge in [0.2, 0.25) is 5.91 Å². The molecule has 2 atom stereocenters. The van der Waals surface area contributed by atoms with E-state index >= 15 is 0 Å². The third kappa shape index (κ3) is 4.29. The van der Waals surface area contributed by atoms with Crippen molar-refractivity contribution < 1.29 is 4.79 Å². The first kappa shape index (κ1) is 16.0. The molecule has 1 aromatic rings. The molecule has 1 fully saturated rings. The van der Waals surface area contributed by atoms with Gasteiger partial charge in [0, 0.05) is 32.1 Å². The summed E-state index contributed by atoms with van der Waals surface area (Å²) in [6.45, 7) is 5.22. The fraction of sp³-hybridized carbons (Fsp3) is 0.588. The van der Waals surface area contributed by atoms with Crippen LogP contribution in [0.15, 0.2) is 30.3 Å². The van der Waals surface area contributed by atoms with E-state index in [4.69, 9.17) is 5.73 Å².